The Morgan fingerprint density at radius 3 is 2.33 bits per heavy atom. The lowest BCUT2D eigenvalue weighted by molar-refractivity contribution is 0.102. The number of nitrogens with zero attached hydrogens (tertiary/aromatic N) is 3. The highest BCUT2D eigenvalue weighted by atomic mass is 19.2. The molecule has 0 spiro atoms. The fourth-order valence-electron chi connectivity index (χ4n) is 2.25. The second-order valence-electron chi connectivity index (χ2n) is 5.33. The van der Waals surface area contributed by atoms with Gasteiger partial charge in [-0.25, -0.2) is 18.7 Å². The molecular weight excluding hydrogens is 314 g/mol. The summed E-state index contributed by atoms with van der Waals surface area (Å²) in [5.41, 5.74) is 0.264. The number of amides is 1. The molecule has 1 amide bonds. The maximum Gasteiger partial charge on any atom is 0.275 e. The number of carbonyl (C=O) groups excluding carboxylic acids is 1. The molecule has 0 fully saturated rings. The molecule has 1 aromatic carbocycles. The Balaban J connectivity index is 2.08. The van der Waals surface area contributed by atoms with E-state index in [1.165, 1.54) is 12.3 Å². The van der Waals surface area contributed by atoms with Gasteiger partial charge in [-0.05, 0) is 25.0 Å². The molecule has 1 N–H and O–H groups in total. The summed E-state index contributed by atoms with van der Waals surface area (Å²) in [5, 5.41) is 2.46. The van der Waals surface area contributed by atoms with Gasteiger partial charge in [0.15, 0.2) is 11.6 Å². The molecule has 2 rings (SSSR count). The van der Waals surface area contributed by atoms with Crippen LogP contribution in [-0.4, -0.2) is 29.0 Å². The van der Waals surface area contributed by atoms with Gasteiger partial charge < -0.3 is 10.2 Å². The van der Waals surface area contributed by atoms with Gasteiger partial charge >= 0.3 is 0 Å². The van der Waals surface area contributed by atoms with Gasteiger partial charge in [-0.3, -0.25) is 4.79 Å². The number of anilines is 2. The number of nitrogens with one attached hydrogen (secondary N) is 1. The van der Waals surface area contributed by atoms with Gasteiger partial charge in [-0.1, -0.05) is 13.8 Å². The fraction of sp³-hybridized carbons (Fsp3) is 0.353. The molecule has 0 radical (unpaired) electrons. The minimum Gasteiger partial charge on any atom is -0.355 e. The maximum atomic E-state index is 13.2. The van der Waals surface area contributed by atoms with E-state index in [1.54, 1.807) is 6.20 Å². The van der Waals surface area contributed by atoms with Crippen molar-refractivity contribution in [2.75, 3.05) is 23.3 Å². The molecule has 0 atom stereocenters. The van der Waals surface area contributed by atoms with Gasteiger partial charge in [0.2, 0.25) is 0 Å². The molecule has 0 saturated heterocycles. The molecule has 0 aliphatic rings. The monoisotopic (exact) mass is 334 g/mol. The Hall–Kier alpha value is -2.57. The number of halogens is 2. The number of hydrogen-bond donors (Lipinski definition) is 1. The number of hydrogen-bond acceptors (Lipinski definition) is 4. The zero-order valence-corrected chi connectivity index (χ0v) is 13.7. The standard InChI is InChI=1S/C17H20F2N4O/c1-3-7-23(8-4-2)16-11-20-15(10-21-16)17(24)22-12-5-6-13(18)14(19)9-12/h5-6,9-11H,3-4,7-8H2,1-2H3,(H,22,24). The zero-order chi connectivity index (χ0) is 17.5. The van der Waals surface area contributed by atoms with Gasteiger partial charge in [0.1, 0.15) is 11.5 Å². The van der Waals surface area contributed by atoms with Crippen molar-refractivity contribution >= 4 is 17.4 Å². The average Bonchev–Trinajstić information content (AvgIpc) is 2.58. The van der Waals surface area contributed by atoms with Gasteiger partial charge in [-0.2, -0.15) is 0 Å². The minimum absolute atomic E-state index is 0.108. The molecule has 0 aliphatic carbocycles. The number of aromatic nitrogens is 2. The Morgan fingerprint density at radius 1 is 1.08 bits per heavy atom. The summed E-state index contributed by atoms with van der Waals surface area (Å²) in [4.78, 5) is 22.6. The smallest absolute Gasteiger partial charge is 0.275 e. The molecule has 0 unspecified atom stereocenters. The van der Waals surface area contributed by atoms with E-state index in [1.807, 2.05) is 0 Å². The Morgan fingerprint density at radius 2 is 1.79 bits per heavy atom. The van der Waals surface area contributed by atoms with Gasteiger partial charge in [0.05, 0.1) is 12.4 Å². The maximum absolute atomic E-state index is 13.2. The highest BCUT2D eigenvalue weighted by Gasteiger charge is 2.12. The Kier molecular flexibility index (Phi) is 6.17. The van der Waals surface area contributed by atoms with Crippen molar-refractivity contribution in [2.45, 2.75) is 26.7 Å². The predicted molar refractivity (Wildman–Crippen MR) is 89.1 cm³/mol. The molecule has 0 bridgehead atoms. The molecule has 24 heavy (non-hydrogen) atoms. The zero-order valence-electron chi connectivity index (χ0n) is 13.7. The molecule has 7 heteroatoms. The van der Waals surface area contributed by atoms with Crippen LogP contribution < -0.4 is 10.2 Å². The van der Waals surface area contributed by atoms with Crippen molar-refractivity contribution in [1.82, 2.24) is 9.97 Å². The molecular formula is C17H20F2N4O. The first-order valence-electron chi connectivity index (χ1n) is 7.88. The first kappa shape index (κ1) is 17.8. The van der Waals surface area contributed by atoms with Gasteiger partial charge in [-0.15, -0.1) is 0 Å². The van der Waals surface area contributed by atoms with Crippen LogP contribution in [0.5, 0.6) is 0 Å². The number of rotatable bonds is 7. The van der Waals surface area contributed by atoms with E-state index in [4.69, 9.17) is 0 Å². The van der Waals surface area contributed by atoms with Crippen molar-refractivity contribution < 1.29 is 13.6 Å². The molecule has 1 aromatic heterocycles. The second kappa shape index (κ2) is 8.33. The Bertz CT molecular complexity index is 685. The third-order valence-electron chi connectivity index (χ3n) is 3.36. The fourth-order valence-corrected chi connectivity index (χ4v) is 2.25. The van der Waals surface area contributed by atoms with Crippen molar-refractivity contribution in [1.29, 1.82) is 0 Å². The summed E-state index contributed by atoms with van der Waals surface area (Å²) < 4.78 is 26.0. The minimum atomic E-state index is -1.02. The lowest BCUT2D eigenvalue weighted by Gasteiger charge is -2.22. The van der Waals surface area contributed by atoms with E-state index >= 15 is 0 Å². The van der Waals surface area contributed by atoms with Crippen molar-refractivity contribution in [2.24, 2.45) is 0 Å². The summed E-state index contributed by atoms with van der Waals surface area (Å²) in [6.07, 6.45) is 4.90. The molecule has 5 nitrogen and oxygen atoms in total. The molecule has 1 heterocycles. The summed E-state index contributed by atoms with van der Waals surface area (Å²) >= 11 is 0. The van der Waals surface area contributed by atoms with Crippen LogP contribution in [0.25, 0.3) is 0 Å². The SMILES string of the molecule is CCCN(CCC)c1cnc(C(=O)Nc2ccc(F)c(F)c2)cn1. The number of benzene rings is 1. The quantitative estimate of drug-likeness (QED) is 0.840. The van der Waals surface area contributed by atoms with Crippen LogP contribution in [-0.2, 0) is 0 Å². The lowest BCUT2D eigenvalue weighted by atomic mass is 10.3. The van der Waals surface area contributed by atoms with Crippen LogP contribution in [0.15, 0.2) is 30.6 Å². The molecule has 2 aromatic rings. The van der Waals surface area contributed by atoms with E-state index in [9.17, 15) is 13.6 Å². The Labute approximate surface area is 139 Å². The van der Waals surface area contributed by atoms with Crippen LogP contribution in [0, 0.1) is 11.6 Å². The van der Waals surface area contributed by atoms with Crippen molar-refractivity contribution in [3.8, 4) is 0 Å². The van der Waals surface area contributed by atoms with Crippen LogP contribution in [0.2, 0.25) is 0 Å². The summed E-state index contributed by atoms with van der Waals surface area (Å²) in [5.74, 6) is -1.81. The number of carbonyl (C=O) groups is 1. The van der Waals surface area contributed by atoms with Gasteiger partial charge in [0.25, 0.3) is 5.91 Å². The van der Waals surface area contributed by atoms with Crippen molar-refractivity contribution in [3.63, 3.8) is 0 Å². The second-order valence-corrected chi connectivity index (χ2v) is 5.33. The third kappa shape index (κ3) is 4.47. The van der Waals surface area contributed by atoms with E-state index in [2.05, 4.69) is 34.0 Å². The summed E-state index contributed by atoms with van der Waals surface area (Å²) in [7, 11) is 0. The molecule has 128 valence electrons. The van der Waals surface area contributed by atoms with Gasteiger partial charge in [0, 0.05) is 24.8 Å². The highest BCUT2D eigenvalue weighted by Crippen LogP contribution is 2.15. The normalized spacial score (nSPS) is 10.5. The molecule has 0 aliphatic heterocycles. The van der Waals surface area contributed by atoms with E-state index in [0.29, 0.717) is 5.82 Å². The van der Waals surface area contributed by atoms with Crippen LogP contribution >= 0.6 is 0 Å². The van der Waals surface area contributed by atoms with E-state index < -0.39 is 17.5 Å². The first-order valence-corrected chi connectivity index (χ1v) is 7.88. The molecule has 0 saturated carbocycles. The summed E-state index contributed by atoms with van der Waals surface area (Å²) in [6.45, 7) is 5.89. The van der Waals surface area contributed by atoms with Crippen molar-refractivity contribution in [3.05, 3.63) is 47.9 Å². The van der Waals surface area contributed by atoms with Crippen LogP contribution in [0.1, 0.15) is 37.2 Å². The van der Waals surface area contributed by atoms with E-state index in [-0.39, 0.29) is 11.4 Å². The van der Waals surface area contributed by atoms with E-state index in [0.717, 1.165) is 38.1 Å². The summed E-state index contributed by atoms with van der Waals surface area (Å²) in [6, 6.07) is 3.15. The third-order valence-corrected chi connectivity index (χ3v) is 3.36. The lowest BCUT2D eigenvalue weighted by Crippen LogP contribution is -2.26. The van der Waals surface area contributed by atoms with Crippen LogP contribution in [0.3, 0.4) is 0 Å². The average molecular weight is 334 g/mol. The topological polar surface area (TPSA) is 58.1 Å². The predicted octanol–water partition coefficient (Wildman–Crippen LogP) is 3.63. The van der Waals surface area contributed by atoms with Crippen LogP contribution in [0.4, 0.5) is 20.3 Å². The highest BCUT2D eigenvalue weighted by molar-refractivity contribution is 6.02. The largest absolute Gasteiger partial charge is 0.355 e. The first-order chi connectivity index (χ1) is 11.5.